The van der Waals surface area contributed by atoms with Gasteiger partial charge in [0.25, 0.3) is 5.91 Å². The molecule has 0 saturated heterocycles. The monoisotopic (exact) mass is 313 g/mol. The van der Waals surface area contributed by atoms with Crippen molar-refractivity contribution in [1.29, 1.82) is 0 Å². The first-order valence-electron chi connectivity index (χ1n) is 7.79. The lowest BCUT2D eigenvalue weighted by atomic mass is 10.1. The Hall–Kier alpha value is -2.43. The van der Waals surface area contributed by atoms with Gasteiger partial charge in [0.1, 0.15) is 5.56 Å². The summed E-state index contributed by atoms with van der Waals surface area (Å²) in [5.74, 6) is 0.287. The van der Waals surface area contributed by atoms with E-state index >= 15 is 0 Å². The second kappa shape index (κ2) is 7.72. The van der Waals surface area contributed by atoms with Gasteiger partial charge in [0.15, 0.2) is 0 Å². The van der Waals surface area contributed by atoms with E-state index < -0.39 is 0 Å². The van der Waals surface area contributed by atoms with Crippen LogP contribution < -0.4 is 4.74 Å². The summed E-state index contributed by atoms with van der Waals surface area (Å²) in [7, 11) is 1.80. The van der Waals surface area contributed by atoms with Gasteiger partial charge in [-0.25, -0.2) is 4.98 Å². The number of nitrogens with zero attached hydrogens (tertiary/aromatic N) is 3. The minimum Gasteiger partial charge on any atom is -0.477 e. The molecule has 0 fully saturated rings. The van der Waals surface area contributed by atoms with Gasteiger partial charge in [-0.1, -0.05) is 0 Å². The van der Waals surface area contributed by atoms with Gasteiger partial charge < -0.3 is 9.64 Å². The zero-order valence-electron chi connectivity index (χ0n) is 14.1. The summed E-state index contributed by atoms with van der Waals surface area (Å²) in [5.41, 5.74) is 2.64. The van der Waals surface area contributed by atoms with Crippen molar-refractivity contribution in [2.45, 2.75) is 33.2 Å². The number of aromatic nitrogens is 2. The Morgan fingerprint density at radius 1 is 1.30 bits per heavy atom. The van der Waals surface area contributed by atoms with Crippen LogP contribution in [0, 0.1) is 6.92 Å². The third kappa shape index (κ3) is 4.28. The molecule has 1 amide bonds. The van der Waals surface area contributed by atoms with Gasteiger partial charge >= 0.3 is 0 Å². The second-order valence-corrected chi connectivity index (χ2v) is 5.58. The molecule has 2 aromatic heterocycles. The number of carbonyl (C=O) groups excluding carboxylic acids is 1. The molecule has 2 heterocycles. The fourth-order valence-electron chi connectivity index (χ4n) is 2.35. The van der Waals surface area contributed by atoms with Gasteiger partial charge in [0.2, 0.25) is 5.88 Å². The number of aryl methyl sites for hydroxylation is 1. The Morgan fingerprint density at radius 2 is 2.09 bits per heavy atom. The van der Waals surface area contributed by atoms with Crippen LogP contribution in [-0.4, -0.2) is 40.5 Å². The predicted octanol–water partition coefficient (Wildman–Crippen LogP) is 2.89. The molecular formula is C18H23N3O2. The number of hydrogen-bond donors (Lipinski definition) is 0. The second-order valence-electron chi connectivity index (χ2n) is 5.58. The van der Waals surface area contributed by atoms with Gasteiger partial charge in [-0.3, -0.25) is 9.78 Å². The first kappa shape index (κ1) is 16.9. The number of carbonyl (C=O) groups is 1. The van der Waals surface area contributed by atoms with Crippen LogP contribution in [0.5, 0.6) is 5.88 Å². The third-order valence-electron chi connectivity index (χ3n) is 3.74. The zero-order valence-corrected chi connectivity index (χ0v) is 14.1. The molecule has 0 bridgehead atoms. The average molecular weight is 313 g/mol. The Kier molecular flexibility index (Phi) is 5.68. The van der Waals surface area contributed by atoms with Crippen molar-refractivity contribution in [3.8, 4) is 5.88 Å². The van der Waals surface area contributed by atoms with E-state index in [1.54, 1.807) is 36.5 Å². The highest BCUT2D eigenvalue weighted by atomic mass is 16.5. The Balaban J connectivity index is 2.12. The topological polar surface area (TPSA) is 55.3 Å². The van der Waals surface area contributed by atoms with E-state index in [4.69, 9.17) is 4.74 Å². The molecule has 0 aliphatic heterocycles. The molecule has 0 aliphatic rings. The molecule has 5 nitrogen and oxygen atoms in total. The molecule has 2 rings (SSSR count). The van der Waals surface area contributed by atoms with E-state index in [2.05, 4.69) is 9.97 Å². The van der Waals surface area contributed by atoms with E-state index in [9.17, 15) is 4.79 Å². The predicted molar refractivity (Wildman–Crippen MR) is 89.6 cm³/mol. The third-order valence-corrected chi connectivity index (χ3v) is 3.74. The van der Waals surface area contributed by atoms with Crippen LogP contribution >= 0.6 is 0 Å². The Bertz CT molecular complexity index is 673. The molecule has 0 spiro atoms. The van der Waals surface area contributed by atoms with Crippen molar-refractivity contribution in [3.05, 3.63) is 53.5 Å². The smallest absolute Gasteiger partial charge is 0.259 e. The summed E-state index contributed by atoms with van der Waals surface area (Å²) >= 11 is 0. The standard InChI is InChI=1S/C18H23N3O2/c1-5-23-17-16(7-6-9-20-17)18(22)21(4)14(3)12-15-11-13(2)8-10-19-15/h6-11,14H,5,12H2,1-4H3/t14-/m1/s1. The van der Waals surface area contributed by atoms with Crippen LogP contribution in [0.2, 0.25) is 0 Å². The van der Waals surface area contributed by atoms with Gasteiger partial charge in [-0.2, -0.15) is 0 Å². The quantitative estimate of drug-likeness (QED) is 0.823. The van der Waals surface area contributed by atoms with Crippen LogP contribution in [0.1, 0.15) is 35.5 Å². The SMILES string of the molecule is CCOc1ncccc1C(=O)N(C)[C@H](C)Cc1cc(C)ccn1. The van der Waals surface area contributed by atoms with Gasteiger partial charge in [-0.15, -0.1) is 0 Å². The summed E-state index contributed by atoms with van der Waals surface area (Å²) in [5, 5.41) is 0. The lowest BCUT2D eigenvalue weighted by Crippen LogP contribution is -2.37. The number of pyridine rings is 2. The highest BCUT2D eigenvalue weighted by Crippen LogP contribution is 2.18. The Morgan fingerprint density at radius 3 is 2.78 bits per heavy atom. The maximum Gasteiger partial charge on any atom is 0.259 e. The summed E-state index contributed by atoms with van der Waals surface area (Å²) in [6, 6.07) is 7.52. The molecule has 0 aromatic carbocycles. The van der Waals surface area contributed by atoms with E-state index in [-0.39, 0.29) is 11.9 Å². The number of rotatable bonds is 6. The van der Waals surface area contributed by atoms with Crippen LogP contribution in [0.3, 0.4) is 0 Å². The van der Waals surface area contributed by atoms with Crippen molar-refractivity contribution < 1.29 is 9.53 Å². The largest absolute Gasteiger partial charge is 0.477 e. The van der Waals surface area contributed by atoms with E-state index in [0.29, 0.717) is 24.5 Å². The number of hydrogen-bond acceptors (Lipinski definition) is 4. The molecule has 0 aliphatic carbocycles. The first-order chi connectivity index (χ1) is 11.0. The van der Waals surface area contributed by atoms with Gasteiger partial charge in [-0.05, 0) is 50.6 Å². The van der Waals surface area contributed by atoms with Crippen LogP contribution in [-0.2, 0) is 6.42 Å². The van der Waals surface area contributed by atoms with Crippen LogP contribution in [0.15, 0.2) is 36.7 Å². The summed E-state index contributed by atoms with van der Waals surface area (Å²) in [6.07, 6.45) is 4.13. The van der Waals surface area contributed by atoms with Crippen molar-refractivity contribution in [3.63, 3.8) is 0 Å². The minimum absolute atomic E-state index is 0.0199. The zero-order chi connectivity index (χ0) is 16.8. The number of amides is 1. The van der Waals surface area contributed by atoms with E-state index in [1.165, 1.54) is 5.56 Å². The molecule has 0 N–H and O–H groups in total. The lowest BCUT2D eigenvalue weighted by Gasteiger charge is -2.25. The summed E-state index contributed by atoms with van der Waals surface area (Å²) in [4.78, 5) is 22.9. The molecule has 0 saturated carbocycles. The molecule has 0 radical (unpaired) electrons. The molecule has 23 heavy (non-hydrogen) atoms. The fourth-order valence-corrected chi connectivity index (χ4v) is 2.35. The normalized spacial score (nSPS) is 11.8. The first-order valence-corrected chi connectivity index (χ1v) is 7.79. The van der Waals surface area contributed by atoms with Gasteiger partial charge in [0.05, 0.1) is 6.61 Å². The van der Waals surface area contributed by atoms with Crippen molar-refractivity contribution in [1.82, 2.24) is 14.9 Å². The highest BCUT2D eigenvalue weighted by Gasteiger charge is 2.22. The molecule has 0 unspecified atom stereocenters. The highest BCUT2D eigenvalue weighted by molar-refractivity contribution is 5.96. The van der Waals surface area contributed by atoms with Crippen LogP contribution in [0.25, 0.3) is 0 Å². The average Bonchev–Trinajstić information content (AvgIpc) is 2.54. The number of likely N-dealkylation sites (N-methyl/N-ethyl adjacent to an activating group) is 1. The summed E-state index contributed by atoms with van der Waals surface area (Å²) in [6.45, 7) is 6.40. The lowest BCUT2D eigenvalue weighted by molar-refractivity contribution is 0.0737. The maximum atomic E-state index is 12.7. The molecular weight excluding hydrogens is 290 g/mol. The van der Waals surface area contributed by atoms with Crippen molar-refractivity contribution in [2.24, 2.45) is 0 Å². The molecule has 1 atom stereocenters. The molecule has 122 valence electrons. The molecule has 2 aromatic rings. The van der Waals surface area contributed by atoms with Gasteiger partial charge in [0, 0.05) is 37.6 Å². The van der Waals surface area contributed by atoms with E-state index in [0.717, 1.165) is 5.69 Å². The van der Waals surface area contributed by atoms with E-state index in [1.807, 2.05) is 32.9 Å². The fraction of sp³-hybridized carbons (Fsp3) is 0.389. The molecule has 5 heteroatoms. The van der Waals surface area contributed by atoms with Crippen LogP contribution in [0.4, 0.5) is 0 Å². The van der Waals surface area contributed by atoms with Crippen molar-refractivity contribution in [2.75, 3.05) is 13.7 Å². The summed E-state index contributed by atoms with van der Waals surface area (Å²) < 4.78 is 5.45. The van der Waals surface area contributed by atoms with Crippen molar-refractivity contribution >= 4 is 5.91 Å². The maximum absolute atomic E-state index is 12.7. The number of ether oxygens (including phenoxy) is 1. The minimum atomic E-state index is -0.0956. The Labute approximate surface area is 137 Å².